The van der Waals surface area contributed by atoms with Crippen molar-refractivity contribution in [2.24, 2.45) is 0 Å². The largest absolute Gasteiger partial charge is 0.383 e. The minimum atomic E-state index is 0.412. The predicted octanol–water partition coefficient (Wildman–Crippen LogP) is 2.38. The summed E-state index contributed by atoms with van der Waals surface area (Å²) in [4.78, 5) is 6.62. The lowest BCUT2D eigenvalue weighted by Gasteiger charge is -2.22. The highest BCUT2D eigenvalue weighted by molar-refractivity contribution is 8.00. The smallest absolute Gasteiger partial charge is 0.127 e. The van der Waals surface area contributed by atoms with Crippen LogP contribution in [0.3, 0.4) is 0 Å². The van der Waals surface area contributed by atoms with Crippen molar-refractivity contribution in [1.29, 1.82) is 0 Å². The number of hydrogen-bond donors (Lipinski definition) is 1. The monoisotopic (exact) mass is 251 g/mol. The lowest BCUT2D eigenvalue weighted by Crippen LogP contribution is -2.27. The van der Waals surface area contributed by atoms with Gasteiger partial charge in [-0.2, -0.15) is 11.8 Å². The number of aromatic nitrogens is 1. The molecule has 0 aliphatic carbocycles. The Hall–Kier alpha value is -0.740. The van der Waals surface area contributed by atoms with Crippen LogP contribution in [-0.2, 0) is 6.54 Å². The number of nitrogen functional groups attached to an aromatic ring is 1. The van der Waals surface area contributed by atoms with Gasteiger partial charge in [0.2, 0.25) is 0 Å². The summed E-state index contributed by atoms with van der Waals surface area (Å²) in [5, 5.41) is 0. The fraction of sp³-hybridized carbons (Fsp3) is 0.615. The number of thioether (sulfide) groups is 1. The van der Waals surface area contributed by atoms with Gasteiger partial charge in [-0.3, -0.25) is 4.90 Å². The molecule has 0 atom stereocenters. The van der Waals surface area contributed by atoms with Crippen molar-refractivity contribution in [3.63, 3.8) is 0 Å². The van der Waals surface area contributed by atoms with Gasteiger partial charge in [-0.1, -0.05) is 19.9 Å². The topological polar surface area (TPSA) is 42.2 Å². The Morgan fingerprint density at radius 1 is 1.47 bits per heavy atom. The molecule has 94 valence electrons. The van der Waals surface area contributed by atoms with E-state index in [1.807, 2.05) is 6.07 Å². The number of anilines is 1. The second-order valence-corrected chi connectivity index (χ2v) is 6.98. The zero-order valence-corrected chi connectivity index (χ0v) is 11.5. The van der Waals surface area contributed by atoms with Crippen LogP contribution < -0.4 is 5.73 Å². The summed E-state index contributed by atoms with van der Waals surface area (Å²) < 4.78 is 0.412. The number of nitrogens with zero attached hydrogens (tertiary/aromatic N) is 2. The maximum absolute atomic E-state index is 5.89. The van der Waals surface area contributed by atoms with E-state index in [1.165, 1.54) is 12.2 Å². The Balaban J connectivity index is 1.98. The third-order valence-electron chi connectivity index (χ3n) is 3.25. The maximum Gasteiger partial charge on any atom is 0.127 e. The highest BCUT2D eigenvalue weighted by atomic mass is 32.2. The van der Waals surface area contributed by atoms with Gasteiger partial charge in [0, 0.05) is 35.3 Å². The van der Waals surface area contributed by atoms with E-state index in [0.717, 1.165) is 25.2 Å². The molecular formula is C13H21N3S. The van der Waals surface area contributed by atoms with Crippen molar-refractivity contribution < 1.29 is 0 Å². The Bertz CT molecular complexity index is 379. The molecule has 17 heavy (non-hydrogen) atoms. The van der Waals surface area contributed by atoms with Gasteiger partial charge in [-0.15, -0.1) is 0 Å². The molecule has 3 nitrogen and oxygen atoms in total. The fourth-order valence-electron chi connectivity index (χ4n) is 2.05. The van der Waals surface area contributed by atoms with Crippen molar-refractivity contribution in [2.45, 2.75) is 31.6 Å². The molecule has 0 aromatic carbocycles. The predicted molar refractivity (Wildman–Crippen MR) is 75.1 cm³/mol. The molecule has 1 aromatic rings. The first-order chi connectivity index (χ1) is 8.07. The maximum atomic E-state index is 5.89. The third-order valence-corrected chi connectivity index (χ3v) is 4.62. The van der Waals surface area contributed by atoms with Crippen molar-refractivity contribution >= 4 is 17.6 Å². The fourth-order valence-corrected chi connectivity index (χ4v) is 3.18. The zero-order valence-electron chi connectivity index (χ0n) is 10.6. The normalized spacial score (nSPS) is 21.1. The van der Waals surface area contributed by atoms with Crippen LogP contribution in [0.5, 0.6) is 0 Å². The van der Waals surface area contributed by atoms with Gasteiger partial charge in [0.05, 0.1) is 0 Å². The van der Waals surface area contributed by atoms with E-state index < -0.39 is 0 Å². The van der Waals surface area contributed by atoms with Crippen LogP contribution in [0.4, 0.5) is 5.82 Å². The second-order valence-electron chi connectivity index (χ2n) is 5.18. The number of rotatable bonds is 2. The molecule has 0 spiro atoms. The van der Waals surface area contributed by atoms with Gasteiger partial charge in [0.25, 0.3) is 0 Å². The van der Waals surface area contributed by atoms with E-state index in [9.17, 15) is 0 Å². The van der Waals surface area contributed by atoms with Gasteiger partial charge in [-0.25, -0.2) is 4.98 Å². The average Bonchev–Trinajstić information content (AvgIpc) is 2.44. The molecule has 0 radical (unpaired) electrons. The molecule has 0 saturated carbocycles. The molecule has 4 heteroatoms. The minimum absolute atomic E-state index is 0.412. The van der Waals surface area contributed by atoms with Crippen LogP contribution in [0, 0.1) is 0 Å². The van der Waals surface area contributed by atoms with Gasteiger partial charge in [0.15, 0.2) is 0 Å². The molecule has 1 aliphatic heterocycles. The van der Waals surface area contributed by atoms with Crippen LogP contribution in [-0.4, -0.2) is 33.5 Å². The molecular weight excluding hydrogens is 230 g/mol. The van der Waals surface area contributed by atoms with Crippen molar-refractivity contribution in [1.82, 2.24) is 9.88 Å². The summed E-state index contributed by atoms with van der Waals surface area (Å²) in [7, 11) is 0. The van der Waals surface area contributed by atoms with E-state index in [-0.39, 0.29) is 0 Å². The molecule has 2 rings (SSSR count). The lowest BCUT2D eigenvalue weighted by molar-refractivity contribution is 0.276. The van der Waals surface area contributed by atoms with Crippen molar-refractivity contribution in [3.8, 4) is 0 Å². The lowest BCUT2D eigenvalue weighted by atomic mass is 10.1. The molecule has 1 saturated heterocycles. The van der Waals surface area contributed by atoms with Crippen LogP contribution in [0.25, 0.3) is 0 Å². The summed E-state index contributed by atoms with van der Waals surface area (Å²) in [5.41, 5.74) is 7.04. The molecule has 1 aromatic heterocycles. The van der Waals surface area contributed by atoms with Gasteiger partial charge in [0.1, 0.15) is 5.82 Å². The third kappa shape index (κ3) is 3.61. The van der Waals surface area contributed by atoms with Gasteiger partial charge in [-0.05, 0) is 19.0 Å². The summed E-state index contributed by atoms with van der Waals surface area (Å²) in [6.07, 6.45) is 2.98. The van der Waals surface area contributed by atoms with Crippen molar-refractivity contribution in [3.05, 3.63) is 23.9 Å². The molecule has 1 fully saturated rings. The van der Waals surface area contributed by atoms with Gasteiger partial charge >= 0.3 is 0 Å². The molecule has 0 unspecified atom stereocenters. The van der Waals surface area contributed by atoms with Crippen LogP contribution in [0.15, 0.2) is 18.3 Å². The molecule has 0 amide bonds. The molecule has 2 N–H and O–H groups in total. The zero-order chi connectivity index (χ0) is 12.3. The van der Waals surface area contributed by atoms with Gasteiger partial charge < -0.3 is 5.73 Å². The number of pyridine rings is 1. The quantitative estimate of drug-likeness (QED) is 0.876. The second kappa shape index (κ2) is 5.27. The number of nitrogens with two attached hydrogens (primary N) is 1. The Morgan fingerprint density at radius 2 is 2.29 bits per heavy atom. The summed E-state index contributed by atoms with van der Waals surface area (Å²) in [5.74, 6) is 1.87. The SMILES string of the molecule is CC1(C)CCN(Cc2cccnc2N)CCS1. The van der Waals surface area contributed by atoms with E-state index in [2.05, 4.69) is 41.6 Å². The first-order valence-electron chi connectivity index (χ1n) is 6.12. The highest BCUT2D eigenvalue weighted by Gasteiger charge is 2.23. The number of hydrogen-bond acceptors (Lipinski definition) is 4. The van der Waals surface area contributed by atoms with E-state index >= 15 is 0 Å². The van der Waals surface area contributed by atoms with Crippen LogP contribution in [0.2, 0.25) is 0 Å². The molecule has 0 bridgehead atoms. The standard InChI is InChI=1S/C13H21N3S/c1-13(2)5-7-16(8-9-17-13)10-11-4-3-6-15-12(11)14/h3-4,6H,5,7-10H2,1-2H3,(H2,14,15). The van der Waals surface area contributed by atoms with E-state index in [0.29, 0.717) is 10.6 Å². The van der Waals surface area contributed by atoms with Crippen LogP contribution >= 0.6 is 11.8 Å². The summed E-state index contributed by atoms with van der Waals surface area (Å²) >= 11 is 2.07. The Kier molecular flexibility index (Phi) is 3.94. The minimum Gasteiger partial charge on any atom is -0.383 e. The average molecular weight is 251 g/mol. The summed E-state index contributed by atoms with van der Waals surface area (Å²) in [6, 6.07) is 4.04. The molecule has 1 aliphatic rings. The van der Waals surface area contributed by atoms with Crippen molar-refractivity contribution in [2.75, 3.05) is 24.6 Å². The van der Waals surface area contributed by atoms with E-state index in [4.69, 9.17) is 5.73 Å². The Morgan fingerprint density at radius 3 is 3.06 bits per heavy atom. The Labute approximate surface area is 108 Å². The summed E-state index contributed by atoms with van der Waals surface area (Å²) in [6.45, 7) is 7.88. The van der Waals surface area contributed by atoms with Crippen LogP contribution in [0.1, 0.15) is 25.8 Å². The molecule has 2 heterocycles. The van der Waals surface area contributed by atoms with E-state index in [1.54, 1.807) is 6.20 Å². The highest BCUT2D eigenvalue weighted by Crippen LogP contribution is 2.31. The first-order valence-corrected chi connectivity index (χ1v) is 7.11. The first kappa shape index (κ1) is 12.7.